The van der Waals surface area contributed by atoms with Gasteiger partial charge in [-0.3, -0.25) is 0 Å². The number of hydrogen-bond donors (Lipinski definition) is 1. The zero-order valence-electron chi connectivity index (χ0n) is 9.62. The quantitative estimate of drug-likeness (QED) is 0.805. The Kier molecular flexibility index (Phi) is 4.20. The first-order valence-corrected chi connectivity index (χ1v) is 6.97. The van der Waals surface area contributed by atoms with Crippen LogP contribution in [0.15, 0.2) is 45.3 Å². The minimum Gasteiger partial charge on any atom is -0.384 e. The highest BCUT2D eigenvalue weighted by atomic mass is 79.9. The Morgan fingerprint density at radius 1 is 1.11 bits per heavy atom. The van der Waals surface area contributed by atoms with Crippen molar-refractivity contribution in [1.29, 1.82) is 0 Å². The van der Waals surface area contributed by atoms with Crippen LogP contribution in [0.4, 0.5) is 4.39 Å². The second-order valence-corrected chi connectivity index (χ2v) is 5.76. The van der Waals surface area contributed by atoms with Crippen molar-refractivity contribution in [3.05, 3.63) is 67.9 Å². The smallest absolute Gasteiger partial charge is 0.143 e. The van der Waals surface area contributed by atoms with Gasteiger partial charge in [-0.2, -0.15) is 0 Å². The fourth-order valence-corrected chi connectivity index (χ4v) is 2.38. The van der Waals surface area contributed by atoms with Crippen LogP contribution in [0.3, 0.4) is 0 Å². The average Bonchev–Trinajstić information content (AvgIpc) is 2.35. The Bertz CT molecular complexity index is 584. The minimum atomic E-state index is -0.964. The van der Waals surface area contributed by atoms with Gasteiger partial charge in [-0.25, -0.2) is 4.39 Å². The number of aliphatic hydroxyl groups excluding tert-OH is 1. The van der Waals surface area contributed by atoms with E-state index in [0.29, 0.717) is 10.0 Å². The third-order valence-electron chi connectivity index (χ3n) is 2.77. The van der Waals surface area contributed by atoms with Gasteiger partial charge in [0.2, 0.25) is 0 Å². The predicted octanol–water partition coefficient (Wildman–Crippen LogP) is 4.74. The second kappa shape index (κ2) is 5.51. The fourth-order valence-electron chi connectivity index (χ4n) is 1.75. The van der Waals surface area contributed by atoms with E-state index in [-0.39, 0.29) is 5.56 Å². The highest BCUT2D eigenvalue weighted by molar-refractivity contribution is 9.10. The molecule has 0 heterocycles. The number of benzene rings is 2. The van der Waals surface area contributed by atoms with Crippen molar-refractivity contribution in [3.8, 4) is 0 Å². The summed E-state index contributed by atoms with van der Waals surface area (Å²) in [6, 6.07) is 10.4. The molecular weight excluding hydrogens is 363 g/mol. The minimum absolute atomic E-state index is 0.270. The molecule has 2 rings (SSSR count). The van der Waals surface area contributed by atoms with E-state index in [1.807, 2.05) is 19.1 Å². The van der Waals surface area contributed by atoms with Crippen molar-refractivity contribution >= 4 is 31.9 Å². The first kappa shape index (κ1) is 13.7. The van der Waals surface area contributed by atoms with Crippen LogP contribution in [0.25, 0.3) is 0 Å². The molecule has 1 nitrogen and oxygen atoms in total. The van der Waals surface area contributed by atoms with Crippen LogP contribution < -0.4 is 0 Å². The molecule has 0 aromatic heterocycles. The Hall–Kier alpha value is -0.710. The van der Waals surface area contributed by atoms with Crippen LogP contribution in [-0.4, -0.2) is 5.11 Å². The molecule has 0 spiro atoms. The van der Waals surface area contributed by atoms with Gasteiger partial charge in [0.25, 0.3) is 0 Å². The molecular formula is C14H11Br2FO. The van der Waals surface area contributed by atoms with Gasteiger partial charge in [0.1, 0.15) is 11.9 Å². The van der Waals surface area contributed by atoms with E-state index in [2.05, 4.69) is 31.9 Å². The third-order valence-corrected chi connectivity index (χ3v) is 4.28. The lowest BCUT2D eigenvalue weighted by Gasteiger charge is -2.14. The summed E-state index contributed by atoms with van der Waals surface area (Å²) in [5.41, 5.74) is 1.95. The predicted molar refractivity (Wildman–Crippen MR) is 77.0 cm³/mol. The zero-order chi connectivity index (χ0) is 13.3. The van der Waals surface area contributed by atoms with Crippen LogP contribution in [0.1, 0.15) is 22.8 Å². The maximum Gasteiger partial charge on any atom is 0.143 e. The molecule has 4 heteroatoms. The van der Waals surface area contributed by atoms with Crippen molar-refractivity contribution in [1.82, 2.24) is 0 Å². The Labute approximate surface area is 122 Å². The number of hydrogen-bond acceptors (Lipinski definition) is 1. The molecule has 0 bridgehead atoms. The van der Waals surface area contributed by atoms with E-state index in [4.69, 9.17) is 0 Å². The number of rotatable bonds is 2. The normalized spacial score (nSPS) is 12.5. The van der Waals surface area contributed by atoms with Crippen molar-refractivity contribution in [3.63, 3.8) is 0 Å². The summed E-state index contributed by atoms with van der Waals surface area (Å²) >= 11 is 6.52. The van der Waals surface area contributed by atoms with Crippen LogP contribution >= 0.6 is 31.9 Å². The largest absolute Gasteiger partial charge is 0.384 e. The zero-order valence-corrected chi connectivity index (χ0v) is 12.8. The highest BCUT2D eigenvalue weighted by Crippen LogP contribution is 2.30. The molecule has 1 unspecified atom stereocenters. The number of aryl methyl sites for hydroxylation is 1. The summed E-state index contributed by atoms with van der Waals surface area (Å²) in [4.78, 5) is 0. The molecule has 1 atom stereocenters. The lowest BCUT2D eigenvalue weighted by Crippen LogP contribution is -2.03. The number of aliphatic hydroxyl groups is 1. The van der Waals surface area contributed by atoms with Crippen molar-refractivity contribution in [2.24, 2.45) is 0 Å². The van der Waals surface area contributed by atoms with E-state index in [9.17, 15) is 9.50 Å². The van der Waals surface area contributed by atoms with E-state index in [1.54, 1.807) is 24.3 Å². The van der Waals surface area contributed by atoms with Crippen molar-refractivity contribution < 1.29 is 9.50 Å². The maximum atomic E-state index is 13.9. The maximum absolute atomic E-state index is 13.9. The van der Waals surface area contributed by atoms with Crippen LogP contribution in [-0.2, 0) is 0 Å². The molecule has 0 fully saturated rings. The van der Waals surface area contributed by atoms with Gasteiger partial charge in [0.05, 0.1) is 4.47 Å². The van der Waals surface area contributed by atoms with Gasteiger partial charge >= 0.3 is 0 Å². The molecule has 0 saturated heterocycles. The fraction of sp³-hybridized carbons (Fsp3) is 0.143. The summed E-state index contributed by atoms with van der Waals surface area (Å²) in [5.74, 6) is -0.425. The molecule has 2 aromatic carbocycles. The molecule has 0 saturated carbocycles. The summed E-state index contributed by atoms with van der Waals surface area (Å²) < 4.78 is 15.2. The van der Waals surface area contributed by atoms with E-state index >= 15 is 0 Å². The molecule has 1 N–H and O–H groups in total. The Balaban J connectivity index is 2.44. The molecule has 0 radical (unpaired) electrons. The van der Waals surface area contributed by atoms with Gasteiger partial charge < -0.3 is 5.11 Å². The second-order valence-electron chi connectivity index (χ2n) is 4.05. The molecule has 0 aliphatic rings. The van der Waals surface area contributed by atoms with Crippen LogP contribution in [0.5, 0.6) is 0 Å². The molecule has 0 amide bonds. The average molecular weight is 374 g/mol. The topological polar surface area (TPSA) is 20.2 Å². The molecule has 94 valence electrons. The SMILES string of the molecule is Cc1cc(C(O)c2cccc(Br)c2F)ccc1Br. The first-order chi connectivity index (χ1) is 8.50. The van der Waals surface area contributed by atoms with Crippen LogP contribution in [0, 0.1) is 12.7 Å². The Morgan fingerprint density at radius 2 is 1.83 bits per heavy atom. The van der Waals surface area contributed by atoms with Crippen molar-refractivity contribution in [2.45, 2.75) is 13.0 Å². The molecule has 18 heavy (non-hydrogen) atoms. The molecule has 0 aliphatic heterocycles. The van der Waals surface area contributed by atoms with E-state index < -0.39 is 11.9 Å². The first-order valence-electron chi connectivity index (χ1n) is 5.38. The molecule has 0 aliphatic carbocycles. The summed E-state index contributed by atoms with van der Waals surface area (Å²) in [7, 11) is 0. The highest BCUT2D eigenvalue weighted by Gasteiger charge is 2.17. The summed E-state index contributed by atoms with van der Waals surface area (Å²) in [5, 5.41) is 10.2. The Morgan fingerprint density at radius 3 is 2.50 bits per heavy atom. The van der Waals surface area contributed by atoms with Gasteiger partial charge in [-0.15, -0.1) is 0 Å². The number of halogens is 3. The van der Waals surface area contributed by atoms with Gasteiger partial charge in [-0.1, -0.05) is 40.2 Å². The summed E-state index contributed by atoms with van der Waals surface area (Å²) in [6.07, 6.45) is -0.964. The standard InChI is InChI=1S/C14H11Br2FO/c1-8-7-9(5-6-11(8)15)14(18)10-3-2-4-12(16)13(10)17/h2-7,14,18H,1H3. The van der Waals surface area contributed by atoms with E-state index in [1.165, 1.54) is 0 Å². The van der Waals surface area contributed by atoms with Crippen LogP contribution in [0.2, 0.25) is 0 Å². The lowest BCUT2D eigenvalue weighted by atomic mass is 10.00. The molecule has 2 aromatic rings. The van der Waals surface area contributed by atoms with Crippen molar-refractivity contribution in [2.75, 3.05) is 0 Å². The monoisotopic (exact) mass is 372 g/mol. The van der Waals surface area contributed by atoms with Gasteiger partial charge in [-0.05, 0) is 46.1 Å². The third kappa shape index (κ3) is 2.66. The van der Waals surface area contributed by atoms with Gasteiger partial charge in [0.15, 0.2) is 0 Å². The van der Waals surface area contributed by atoms with Gasteiger partial charge in [0, 0.05) is 10.0 Å². The lowest BCUT2D eigenvalue weighted by molar-refractivity contribution is 0.214. The van der Waals surface area contributed by atoms with E-state index in [0.717, 1.165) is 10.0 Å². The summed E-state index contributed by atoms with van der Waals surface area (Å²) in [6.45, 7) is 1.93.